The van der Waals surface area contributed by atoms with Crippen LogP contribution in [-0.4, -0.2) is 45.2 Å². The van der Waals surface area contributed by atoms with E-state index in [1.165, 1.54) is 29.9 Å². The van der Waals surface area contributed by atoms with Crippen LogP contribution in [0.15, 0.2) is 46.0 Å². The molecule has 31 heavy (non-hydrogen) atoms. The Morgan fingerprint density at radius 3 is 2.77 bits per heavy atom. The van der Waals surface area contributed by atoms with Crippen molar-refractivity contribution in [2.45, 2.75) is 62.7 Å². The fraction of sp³-hybridized carbons (Fsp3) is 0.478. The van der Waals surface area contributed by atoms with Crippen LogP contribution in [0.1, 0.15) is 44.9 Å². The number of nitrogens with zero attached hydrogens (tertiary/aromatic N) is 3. The average molecular weight is 442 g/mol. The van der Waals surface area contributed by atoms with Gasteiger partial charge in [-0.1, -0.05) is 30.0 Å². The Balaban J connectivity index is 1.57. The molecule has 0 bridgehead atoms. The molecule has 0 aliphatic heterocycles. The van der Waals surface area contributed by atoms with Crippen molar-refractivity contribution < 1.29 is 14.3 Å². The van der Waals surface area contributed by atoms with E-state index in [1.807, 2.05) is 11.0 Å². The Morgan fingerprint density at radius 2 is 2.06 bits per heavy atom. The summed E-state index contributed by atoms with van der Waals surface area (Å²) in [7, 11) is 1.32. The monoisotopic (exact) mass is 441 g/mol. The quantitative estimate of drug-likeness (QED) is 0.354. The Bertz CT molecular complexity index is 1070. The van der Waals surface area contributed by atoms with Crippen LogP contribution in [0, 0.1) is 0 Å². The molecule has 1 saturated carbocycles. The van der Waals surface area contributed by atoms with Crippen LogP contribution in [-0.2, 0) is 20.9 Å². The second-order valence-corrected chi connectivity index (χ2v) is 8.86. The van der Waals surface area contributed by atoms with E-state index in [0.29, 0.717) is 22.1 Å². The highest BCUT2D eigenvalue weighted by Gasteiger charge is 2.35. The number of methoxy groups -OCH3 is 1. The van der Waals surface area contributed by atoms with Crippen LogP contribution >= 0.6 is 11.8 Å². The lowest BCUT2D eigenvalue weighted by Crippen LogP contribution is -2.34. The summed E-state index contributed by atoms with van der Waals surface area (Å²) in [6, 6.07) is 7.44. The number of ether oxygens (including phenoxy) is 1. The summed E-state index contributed by atoms with van der Waals surface area (Å²) in [6.07, 6.45) is 8.64. The molecular weight excluding hydrogens is 414 g/mol. The van der Waals surface area contributed by atoms with Crippen molar-refractivity contribution >= 4 is 34.5 Å². The van der Waals surface area contributed by atoms with E-state index in [9.17, 15) is 14.4 Å². The van der Waals surface area contributed by atoms with Gasteiger partial charge in [-0.15, -0.1) is 0 Å². The predicted octanol–water partition coefficient (Wildman–Crippen LogP) is 3.50. The summed E-state index contributed by atoms with van der Waals surface area (Å²) >= 11 is 1.26. The van der Waals surface area contributed by atoms with Crippen molar-refractivity contribution in [1.29, 1.82) is 0 Å². The summed E-state index contributed by atoms with van der Waals surface area (Å²) in [4.78, 5) is 44.5. The summed E-state index contributed by atoms with van der Waals surface area (Å²) < 4.78 is 6.21. The molecule has 1 aromatic carbocycles. The van der Waals surface area contributed by atoms with Gasteiger partial charge in [0.2, 0.25) is 5.91 Å². The third kappa shape index (κ3) is 5.01. The largest absolute Gasteiger partial charge is 0.469 e. The van der Waals surface area contributed by atoms with Crippen LogP contribution in [0.25, 0.3) is 10.9 Å². The zero-order chi connectivity index (χ0) is 21.8. The Labute approximate surface area is 185 Å². The summed E-state index contributed by atoms with van der Waals surface area (Å²) in [5.41, 5.74) is 1.53. The number of aromatic nitrogens is 2. The molecule has 0 radical (unpaired) electrons. The van der Waals surface area contributed by atoms with E-state index in [1.54, 1.807) is 18.2 Å². The molecule has 2 aliphatic rings. The molecule has 2 aromatic rings. The van der Waals surface area contributed by atoms with Gasteiger partial charge in [0.15, 0.2) is 5.16 Å². The third-order valence-corrected chi connectivity index (χ3v) is 6.64. The minimum absolute atomic E-state index is 0.0579. The van der Waals surface area contributed by atoms with E-state index in [0.717, 1.165) is 37.8 Å². The van der Waals surface area contributed by atoms with Gasteiger partial charge in [-0.05, 0) is 50.7 Å². The molecule has 2 aliphatic carbocycles. The molecule has 1 fully saturated rings. The first-order valence-corrected chi connectivity index (χ1v) is 11.8. The van der Waals surface area contributed by atoms with Crippen LogP contribution in [0.2, 0.25) is 0 Å². The van der Waals surface area contributed by atoms with Crippen LogP contribution in [0.4, 0.5) is 0 Å². The highest BCUT2D eigenvalue weighted by atomic mass is 32.2. The zero-order valence-electron chi connectivity index (χ0n) is 17.7. The number of carbonyl (C=O) groups excluding carboxylic acids is 2. The van der Waals surface area contributed by atoms with Gasteiger partial charge in [-0.3, -0.25) is 19.0 Å². The van der Waals surface area contributed by atoms with Gasteiger partial charge < -0.3 is 9.64 Å². The first kappa shape index (κ1) is 21.6. The number of hydrogen-bond donors (Lipinski definition) is 0. The topological polar surface area (TPSA) is 81.5 Å². The Hall–Kier alpha value is -2.61. The van der Waals surface area contributed by atoms with Gasteiger partial charge >= 0.3 is 5.97 Å². The standard InChI is InChI=1S/C23H27N3O4S/c1-30-21(28)13-14-25-22(29)18-9-5-6-10-19(18)24-23(25)31-15-20(27)26(17-11-12-17)16-7-3-2-4-8-16/h5-7,9-10,17H,2-4,8,11-15H2,1H3. The van der Waals surface area contributed by atoms with E-state index in [2.05, 4.69) is 11.1 Å². The number of rotatable bonds is 8. The summed E-state index contributed by atoms with van der Waals surface area (Å²) in [6.45, 7) is 0.164. The number of carbonyl (C=O) groups is 2. The second-order valence-electron chi connectivity index (χ2n) is 7.92. The van der Waals surface area contributed by atoms with Crippen molar-refractivity contribution in [3.63, 3.8) is 0 Å². The number of amides is 1. The van der Waals surface area contributed by atoms with Crippen molar-refractivity contribution in [3.8, 4) is 0 Å². The fourth-order valence-corrected chi connectivity index (χ4v) is 4.81. The normalized spacial score (nSPS) is 16.1. The minimum Gasteiger partial charge on any atom is -0.469 e. The summed E-state index contributed by atoms with van der Waals surface area (Å²) in [5, 5.41) is 0.948. The van der Waals surface area contributed by atoms with Crippen molar-refractivity contribution in [2.24, 2.45) is 0 Å². The highest BCUT2D eigenvalue weighted by Crippen LogP contribution is 2.34. The Morgan fingerprint density at radius 1 is 1.26 bits per heavy atom. The maximum atomic E-state index is 13.1. The average Bonchev–Trinajstić information content (AvgIpc) is 3.63. The lowest BCUT2D eigenvalue weighted by atomic mass is 10.0. The molecule has 4 rings (SSSR count). The molecule has 1 amide bonds. The molecule has 164 valence electrons. The third-order valence-electron chi connectivity index (χ3n) is 5.68. The molecule has 0 atom stereocenters. The lowest BCUT2D eigenvalue weighted by molar-refractivity contribution is -0.140. The van der Waals surface area contributed by atoms with Crippen LogP contribution < -0.4 is 5.56 Å². The summed E-state index contributed by atoms with van der Waals surface area (Å²) in [5.74, 6) is -0.129. The highest BCUT2D eigenvalue weighted by molar-refractivity contribution is 7.99. The molecule has 8 heteroatoms. The number of benzene rings is 1. The number of allylic oxidation sites excluding steroid dienone is 2. The van der Waals surface area contributed by atoms with Gasteiger partial charge in [0.05, 0.1) is 30.2 Å². The lowest BCUT2D eigenvalue weighted by Gasteiger charge is -2.27. The number of esters is 1. The maximum absolute atomic E-state index is 13.1. The van der Waals surface area contributed by atoms with Gasteiger partial charge in [0.1, 0.15) is 0 Å². The van der Waals surface area contributed by atoms with Crippen LogP contribution in [0.3, 0.4) is 0 Å². The van der Waals surface area contributed by atoms with E-state index < -0.39 is 5.97 Å². The van der Waals surface area contributed by atoms with Gasteiger partial charge in [-0.2, -0.15) is 0 Å². The van der Waals surface area contributed by atoms with Crippen molar-refractivity contribution in [1.82, 2.24) is 14.5 Å². The second kappa shape index (κ2) is 9.68. The van der Waals surface area contributed by atoms with Gasteiger partial charge in [0, 0.05) is 18.3 Å². The number of hydrogen-bond acceptors (Lipinski definition) is 6. The van der Waals surface area contributed by atoms with E-state index in [4.69, 9.17) is 4.74 Å². The number of thioether (sulfide) groups is 1. The van der Waals surface area contributed by atoms with Gasteiger partial charge in [-0.25, -0.2) is 4.98 Å². The van der Waals surface area contributed by atoms with E-state index >= 15 is 0 Å². The first-order valence-electron chi connectivity index (χ1n) is 10.8. The zero-order valence-corrected chi connectivity index (χ0v) is 18.5. The maximum Gasteiger partial charge on any atom is 0.307 e. The molecule has 1 aromatic heterocycles. The SMILES string of the molecule is COC(=O)CCn1c(SCC(=O)N(C2=CCCCC2)C2CC2)nc2ccccc2c1=O. The minimum atomic E-state index is -0.392. The molecule has 1 heterocycles. The predicted molar refractivity (Wildman–Crippen MR) is 120 cm³/mol. The van der Waals surface area contributed by atoms with Gasteiger partial charge in [0.25, 0.3) is 5.56 Å². The molecule has 0 unspecified atom stereocenters. The fourth-order valence-electron chi connectivity index (χ4n) is 3.93. The number of para-hydroxylation sites is 1. The molecule has 7 nitrogen and oxygen atoms in total. The van der Waals surface area contributed by atoms with Crippen molar-refractivity contribution in [3.05, 3.63) is 46.4 Å². The van der Waals surface area contributed by atoms with Crippen LogP contribution in [0.5, 0.6) is 0 Å². The van der Waals surface area contributed by atoms with E-state index in [-0.39, 0.29) is 30.2 Å². The molecule has 0 spiro atoms. The van der Waals surface area contributed by atoms with Crippen molar-refractivity contribution in [2.75, 3.05) is 12.9 Å². The Kier molecular flexibility index (Phi) is 6.75. The molecular formula is C23H27N3O4S. The first-order chi connectivity index (χ1) is 15.1. The molecule has 0 N–H and O–H groups in total. The smallest absolute Gasteiger partial charge is 0.307 e. The number of fused-ring (bicyclic) bond motifs is 1. The molecule has 0 saturated heterocycles.